The Balaban J connectivity index is 1.75. The van der Waals surface area contributed by atoms with Crippen molar-refractivity contribution in [3.63, 3.8) is 0 Å². The van der Waals surface area contributed by atoms with Crippen molar-refractivity contribution in [3.8, 4) is 0 Å². The molecular weight excluding hydrogens is 276 g/mol. The van der Waals surface area contributed by atoms with Crippen molar-refractivity contribution in [2.45, 2.75) is 11.8 Å². The summed E-state index contributed by atoms with van der Waals surface area (Å²) in [5, 5.41) is 12.0. The van der Waals surface area contributed by atoms with Gasteiger partial charge in [0, 0.05) is 18.1 Å². The number of amides is 1. The first-order chi connectivity index (χ1) is 9.79. The molecule has 2 N–H and O–H groups in total. The summed E-state index contributed by atoms with van der Waals surface area (Å²) in [6, 6.07) is 6.80. The number of aliphatic hydroxyl groups is 1. The Bertz CT molecular complexity index is 516. The van der Waals surface area contributed by atoms with Gasteiger partial charge in [0.1, 0.15) is 11.8 Å². The van der Waals surface area contributed by atoms with Gasteiger partial charge in [-0.15, -0.1) is 11.8 Å². The molecule has 0 aliphatic carbocycles. The molecule has 1 unspecified atom stereocenters. The summed E-state index contributed by atoms with van der Waals surface area (Å²) < 4.78 is 5.17. The predicted molar refractivity (Wildman–Crippen MR) is 77.1 cm³/mol. The van der Waals surface area contributed by atoms with Crippen molar-refractivity contribution in [1.29, 1.82) is 0 Å². The summed E-state index contributed by atoms with van der Waals surface area (Å²) in [6.45, 7) is -0.188. The van der Waals surface area contributed by atoms with Crippen LogP contribution in [0, 0.1) is 0 Å². The molecule has 0 spiro atoms. The molecule has 0 bridgehead atoms. The van der Waals surface area contributed by atoms with Crippen LogP contribution in [0.3, 0.4) is 0 Å². The highest BCUT2D eigenvalue weighted by molar-refractivity contribution is 7.99. The van der Waals surface area contributed by atoms with Crippen LogP contribution < -0.4 is 5.32 Å². The summed E-state index contributed by atoms with van der Waals surface area (Å²) in [5.74, 6) is 1.48. The quantitative estimate of drug-likeness (QED) is 0.813. The Morgan fingerprint density at radius 3 is 3.00 bits per heavy atom. The molecule has 6 heteroatoms. The Morgan fingerprint density at radius 1 is 1.45 bits per heavy atom. The molecule has 106 valence electrons. The fourth-order valence-electron chi connectivity index (χ4n) is 1.68. The number of carbonyl (C=O) groups excluding carboxylic acids is 1. The second-order valence-electron chi connectivity index (χ2n) is 4.17. The monoisotopic (exact) mass is 292 g/mol. The van der Waals surface area contributed by atoms with Crippen LogP contribution >= 0.6 is 11.8 Å². The van der Waals surface area contributed by atoms with Gasteiger partial charge in [-0.25, -0.2) is 0 Å². The highest BCUT2D eigenvalue weighted by atomic mass is 32.2. The van der Waals surface area contributed by atoms with Gasteiger partial charge in [0.2, 0.25) is 5.91 Å². The van der Waals surface area contributed by atoms with E-state index in [1.165, 1.54) is 18.0 Å². The molecule has 2 heterocycles. The van der Waals surface area contributed by atoms with Crippen molar-refractivity contribution < 1.29 is 14.3 Å². The molecule has 0 aliphatic rings. The van der Waals surface area contributed by atoms with Gasteiger partial charge in [-0.1, -0.05) is 6.07 Å². The van der Waals surface area contributed by atoms with Gasteiger partial charge in [-0.2, -0.15) is 0 Å². The molecule has 5 nitrogen and oxygen atoms in total. The minimum absolute atomic E-state index is 0.130. The van der Waals surface area contributed by atoms with E-state index in [1.807, 2.05) is 12.1 Å². The van der Waals surface area contributed by atoms with Crippen LogP contribution in [-0.2, 0) is 10.5 Å². The maximum atomic E-state index is 11.8. The number of thioether (sulfide) groups is 1. The summed E-state index contributed by atoms with van der Waals surface area (Å²) in [5.41, 5.74) is 1.08. The van der Waals surface area contributed by atoms with Gasteiger partial charge in [-0.3, -0.25) is 9.78 Å². The van der Waals surface area contributed by atoms with Crippen LogP contribution in [0.2, 0.25) is 0 Å². The van der Waals surface area contributed by atoms with Crippen LogP contribution in [0.15, 0.2) is 47.3 Å². The van der Waals surface area contributed by atoms with Crippen LogP contribution in [0.5, 0.6) is 0 Å². The van der Waals surface area contributed by atoms with E-state index in [0.717, 1.165) is 11.3 Å². The Morgan fingerprint density at radius 2 is 2.35 bits per heavy atom. The standard InChI is InChI=1S/C14H16N2O3S/c17-8-12(13-4-2-6-19-13)16-14(18)10-20-9-11-3-1-5-15-7-11/h1-7,12,17H,8-10H2,(H,16,18). The lowest BCUT2D eigenvalue weighted by atomic mass is 10.2. The van der Waals surface area contributed by atoms with Crippen molar-refractivity contribution in [3.05, 3.63) is 54.2 Å². The zero-order chi connectivity index (χ0) is 14.2. The fraction of sp³-hybridized carbons (Fsp3) is 0.286. The van der Waals surface area contributed by atoms with Crippen LogP contribution in [-0.4, -0.2) is 28.4 Å². The molecule has 0 radical (unpaired) electrons. The number of nitrogens with zero attached hydrogens (tertiary/aromatic N) is 1. The second kappa shape index (κ2) is 7.72. The minimum atomic E-state index is -0.489. The van der Waals surface area contributed by atoms with Crippen molar-refractivity contribution in [2.75, 3.05) is 12.4 Å². The lowest BCUT2D eigenvalue weighted by molar-refractivity contribution is -0.119. The number of aliphatic hydroxyl groups excluding tert-OH is 1. The number of carbonyl (C=O) groups is 1. The molecule has 1 atom stereocenters. The first-order valence-electron chi connectivity index (χ1n) is 6.20. The van der Waals surface area contributed by atoms with Gasteiger partial charge >= 0.3 is 0 Å². The molecule has 0 saturated carbocycles. The fourth-order valence-corrected chi connectivity index (χ4v) is 2.45. The lowest BCUT2D eigenvalue weighted by Crippen LogP contribution is -2.31. The smallest absolute Gasteiger partial charge is 0.230 e. The Kier molecular flexibility index (Phi) is 5.64. The zero-order valence-corrected chi connectivity index (χ0v) is 11.7. The number of nitrogens with one attached hydrogen (secondary N) is 1. The summed E-state index contributed by atoms with van der Waals surface area (Å²) in [4.78, 5) is 15.8. The minimum Gasteiger partial charge on any atom is -0.467 e. The van der Waals surface area contributed by atoms with E-state index in [4.69, 9.17) is 4.42 Å². The number of hydrogen-bond acceptors (Lipinski definition) is 5. The van der Waals surface area contributed by atoms with E-state index in [-0.39, 0.29) is 12.5 Å². The maximum absolute atomic E-state index is 11.8. The molecule has 2 rings (SSSR count). The van der Waals surface area contributed by atoms with Crippen molar-refractivity contribution in [1.82, 2.24) is 10.3 Å². The first kappa shape index (κ1) is 14.6. The molecule has 1 amide bonds. The highest BCUT2D eigenvalue weighted by Crippen LogP contribution is 2.14. The zero-order valence-electron chi connectivity index (χ0n) is 10.9. The molecular formula is C14H16N2O3S. The number of furan rings is 1. The van der Waals surface area contributed by atoms with E-state index < -0.39 is 6.04 Å². The molecule has 0 fully saturated rings. The first-order valence-corrected chi connectivity index (χ1v) is 7.35. The normalized spacial score (nSPS) is 12.1. The number of pyridine rings is 1. The van der Waals surface area contributed by atoms with E-state index in [0.29, 0.717) is 11.5 Å². The largest absolute Gasteiger partial charge is 0.467 e. The molecule has 0 saturated heterocycles. The SMILES string of the molecule is O=C(CSCc1cccnc1)NC(CO)c1ccco1. The maximum Gasteiger partial charge on any atom is 0.230 e. The summed E-state index contributed by atoms with van der Waals surface area (Å²) in [7, 11) is 0. The van der Waals surface area contributed by atoms with Gasteiger partial charge in [0.15, 0.2) is 0 Å². The lowest BCUT2D eigenvalue weighted by Gasteiger charge is -2.13. The van der Waals surface area contributed by atoms with Crippen molar-refractivity contribution in [2.24, 2.45) is 0 Å². The summed E-state index contributed by atoms with van der Waals surface area (Å²) >= 11 is 1.50. The van der Waals surface area contributed by atoms with Crippen LogP contribution in [0.1, 0.15) is 17.4 Å². The number of hydrogen-bond donors (Lipinski definition) is 2. The molecule has 2 aromatic rings. The Hall–Kier alpha value is -1.79. The molecule has 20 heavy (non-hydrogen) atoms. The third-order valence-corrected chi connectivity index (χ3v) is 3.63. The predicted octanol–water partition coefficient (Wildman–Crippen LogP) is 1.76. The van der Waals surface area contributed by atoms with Gasteiger partial charge in [-0.05, 0) is 23.8 Å². The topological polar surface area (TPSA) is 75.4 Å². The second-order valence-corrected chi connectivity index (χ2v) is 5.16. The summed E-state index contributed by atoms with van der Waals surface area (Å²) in [6.07, 6.45) is 5.02. The van der Waals surface area contributed by atoms with Gasteiger partial charge in [0.25, 0.3) is 0 Å². The average Bonchev–Trinajstić information content (AvgIpc) is 3.00. The molecule has 0 aliphatic heterocycles. The third kappa shape index (κ3) is 4.40. The van der Waals surface area contributed by atoms with Gasteiger partial charge in [0.05, 0.1) is 18.6 Å². The van der Waals surface area contributed by atoms with E-state index >= 15 is 0 Å². The van der Waals surface area contributed by atoms with Gasteiger partial charge < -0.3 is 14.8 Å². The molecule has 0 aromatic carbocycles. The molecule has 2 aromatic heterocycles. The van der Waals surface area contributed by atoms with E-state index in [9.17, 15) is 9.90 Å². The Labute approximate surface area is 121 Å². The average molecular weight is 292 g/mol. The van der Waals surface area contributed by atoms with E-state index in [2.05, 4.69) is 10.3 Å². The van der Waals surface area contributed by atoms with Crippen LogP contribution in [0.25, 0.3) is 0 Å². The highest BCUT2D eigenvalue weighted by Gasteiger charge is 2.15. The number of aromatic nitrogens is 1. The number of rotatable bonds is 7. The van der Waals surface area contributed by atoms with Crippen molar-refractivity contribution >= 4 is 17.7 Å². The van der Waals surface area contributed by atoms with Crippen LogP contribution in [0.4, 0.5) is 0 Å². The third-order valence-electron chi connectivity index (χ3n) is 2.63. The van der Waals surface area contributed by atoms with E-state index in [1.54, 1.807) is 24.5 Å².